The molecule has 1 aliphatic rings. The van der Waals surface area contributed by atoms with E-state index in [1.807, 2.05) is 14.0 Å². The lowest BCUT2D eigenvalue weighted by molar-refractivity contribution is -0.136. The van der Waals surface area contributed by atoms with Crippen LogP contribution in [-0.4, -0.2) is 43.8 Å². The maximum atomic E-state index is 12.1. The minimum absolute atomic E-state index is 0.231. The summed E-state index contributed by atoms with van der Waals surface area (Å²) in [4.78, 5) is 2.20. The van der Waals surface area contributed by atoms with E-state index < -0.39 is 12.6 Å². The lowest BCUT2D eigenvalue weighted by Crippen LogP contribution is -2.40. The predicted octanol–water partition coefficient (Wildman–Crippen LogP) is 3.04. The molecule has 2 nitrogen and oxygen atoms in total. The first-order chi connectivity index (χ1) is 8.38. The second-order valence-electron chi connectivity index (χ2n) is 5.51. The number of nitrogens with one attached hydrogen (secondary N) is 1. The quantitative estimate of drug-likeness (QED) is 0.795. The van der Waals surface area contributed by atoms with E-state index >= 15 is 0 Å². The second kappa shape index (κ2) is 7.34. The minimum atomic E-state index is -4.01. The van der Waals surface area contributed by atoms with Crippen LogP contribution in [0.2, 0.25) is 0 Å². The van der Waals surface area contributed by atoms with E-state index in [-0.39, 0.29) is 12.5 Å². The fourth-order valence-electron chi connectivity index (χ4n) is 2.49. The maximum Gasteiger partial charge on any atom is 0.389 e. The molecule has 0 radical (unpaired) electrons. The number of nitrogens with zero attached hydrogens (tertiary/aromatic N) is 1. The van der Waals surface area contributed by atoms with Crippen LogP contribution in [0.3, 0.4) is 0 Å². The molecule has 0 saturated carbocycles. The molecular formula is C13H25F3N2. The van der Waals surface area contributed by atoms with Crippen molar-refractivity contribution in [3.05, 3.63) is 0 Å². The van der Waals surface area contributed by atoms with Crippen molar-refractivity contribution < 1.29 is 13.2 Å². The molecule has 1 rings (SSSR count). The Balaban J connectivity index is 2.17. The molecule has 0 aromatic rings. The monoisotopic (exact) mass is 266 g/mol. The van der Waals surface area contributed by atoms with E-state index in [0.29, 0.717) is 12.3 Å². The highest BCUT2D eigenvalue weighted by molar-refractivity contribution is 4.74. The van der Waals surface area contributed by atoms with E-state index in [0.717, 1.165) is 19.6 Å². The maximum absolute atomic E-state index is 12.1. The van der Waals surface area contributed by atoms with Crippen LogP contribution in [-0.2, 0) is 0 Å². The largest absolute Gasteiger partial charge is 0.389 e. The van der Waals surface area contributed by atoms with Crippen molar-refractivity contribution >= 4 is 0 Å². The summed E-state index contributed by atoms with van der Waals surface area (Å²) in [6.45, 7) is 5.15. The van der Waals surface area contributed by atoms with Crippen molar-refractivity contribution in [3.8, 4) is 0 Å². The van der Waals surface area contributed by atoms with Crippen LogP contribution in [0.25, 0.3) is 0 Å². The first-order valence-electron chi connectivity index (χ1n) is 6.86. The van der Waals surface area contributed by atoms with Gasteiger partial charge in [-0.25, -0.2) is 0 Å². The summed E-state index contributed by atoms with van der Waals surface area (Å²) in [6, 6.07) is 0.231. The molecule has 2 unspecified atom stereocenters. The van der Waals surface area contributed by atoms with Crippen molar-refractivity contribution in [2.75, 3.05) is 26.7 Å². The Kier molecular flexibility index (Phi) is 6.43. The van der Waals surface area contributed by atoms with Gasteiger partial charge in [0.05, 0.1) is 0 Å². The minimum Gasteiger partial charge on any atom is -0.316 e. The fraction of sp³-hybridized carbons (Fsp3) is 1.00. The van der Waals surface area contributed by atoms with E-state index in [9.17, 15) is 13.2 Å². The summed E-state index contributed by atoms with van der Waals surface area (Å²) < 4.78 is 36.2. The van der Waals surface area contributed by atoms with Crippen LogP contribution in [0, 0.1) is 5.92 Å². The molecule has 2 atom stereocenters. The highest BCUT2D eigenvalue weighted by atomic mass is 19.4. The third-order valence-electron chi connectivity index (χ3n) is 3.78. The summed E-state index contributed by atoms with van der Waals surface area (Å²) in [5, 5.41) is 3.37. The molecule has 108 valence electrons. The zero-order valence-corrected chi connectivity index (χ0v) is 11.4. The first-order valence-corrected chi connectivity index (χ1v) is 6.86. The van der Waals surface area contributed by atoms with Crippen molar-refractivity contribution in [1.82, 2.24) is 10.2 Å². The normalized spacial score (nSPS) is 23.3. The van der Waals surface area contributed by atoms with Gasteiger partial charge in [-0.05, 0) is 58.7 Å². The van der Waals surface area contributed by atoms with Gasteiger partial charge in [0.25, 0.3) is 0 Å². The van der Waals surface area contributed by atoms with Crippen LogP contribution in [0.1, 0.15) is 39.0 Å². The van der Waals surface area contributed by atoms with Gasteiger partial charge in [0.1, 0.15) is 0 Å². The molecule has 0 aromatic heterocycles. The third kappa shape index (κ3) is 6.59. The van der Waals surface area contributed by atoms with Crippen LogP contribution < -0.4 is 5.32 Å². The smallest absolute Gasteiger partial charge is 0.316 e. The van der Waals surface area contributed by atoms with E-state index in [4.69, 9.17) is 0 Å². The lowest BCUT2D eigenvalue weighted by atomic mass is 9.98. The lowest BCUT2D eigenvalue weighted by Gasteiger charge is -2.31. The number of hydrogen-bond donors (Lipinski definition) is 1. The predicted molar refractivity (Wildman–Crippen MR) is 67.6 cm³/mol. The van der Waals surface area contributed by atoms with E-state index in [1.165, 1.54) is 12.8 Å². The summed E-state index contributed by atoms with van der Waals surface area (Å²) >= 11 is 0. The number of rotatable bonds is 6. The Morgan fingerprint density at radius 2 is 2.11 bits per heavy atom. The topological polar surface area (TPSA) is 15.3 Å². The first kappa shape index (κ1) is 15.8. The molecule has 0 aliphatic carbocycles. The van der Waals surface area contributed by atoms with Gasteiger partial charge in [0.15, 0.2) is 0 Å². The Hall–Kier alpha value is -0.290. The molecule has 1 aliphatic heterocycles. The van der Waals surface area contributed by atoms with Crippen LogP contribution in [0.4, 0.5) is 13.2 Å². The van der Waals surface area contributed by atoms with E-state index in [1.54, 1.807) is 0 Å². The zero-order chi connectivity index (χ0) is 13.6. The van der Waals surface area contributed by atoms with Gasteiger partial charge in [-0.15, -0.1) is 0 Å². The molecule has 0 amide bonds. The molecule has 1 saturated heterocycles. The van der Waals surface area contributed by atoms with Gasteiger partial charge in [0.2, 0.25) is 0 Å². The molecular weight excluding hydrogens is 241 g/mol. The Labute approximate surface area is 108 Å². The SMILES string of the molecule is CC(CCCC(F)(F)F)N(C)CC1CCCNC1. The molecule has 1 fully saturated rings. The van der Waals surface area contributed by atoms with Crippen LogP contribution in [0.5, 0.6) is 0 Å². The van der Waals surface area contributed by atoms with Gasteiger partial charge in [0, 0.05) is 19.0 Å². The van der Waals surface area contributed by atoms with Crippen molar-refractivity contribution in [2.45, 2.75) is 51.2 Å². The highest BCUT2D eigenvalue weighted by Gasteiger charge is 2.27. The molecule has 5 heteroatoms. The standard InChI is InChI=1S/C13H25F3N2/c1-11(5-3-7-13(14,15)16)18(2)10-12-6-4-8-17-9-12/h11-12,17H,3-10H2,1-2H3. The highest BCUT2D eigenvalue weighted by Crippen LogP contribution is 2.23. The zero-order valence-electron chi connectivity index (χ0n) is 11.4. The number of halogens is 3. The molecule has 1 N–H and O–H groups in total. The van der Waals surface area contributed by atoms with Gasteiger partial charge in [-0.3, -0.25) is 0 Å². The molecule has 18 heavy (non-hydrogen) atoms. The van der Waals surface area contributed by atoms with Crippen molar-refractivity contribution in [3.63, 3.8) is 0 Å². The van der Waals surface area contributed by atoms with E-state index in [2.05, 4.69) is 10.2 Å². The third-order valence-corrected chi connectivity index (χ3v) is 3.78. The fourth-order valence-corrected chi connectivity index (χ4v) is 2.49. The van der Waals surface area contributed by atoms with Gasteiger partial charge >= 0.3 is 6.18 Å². The number of piperidine rings is 1. The van der Waals surface area contributed by atoms with Crippen molar-refractivity contribution in [1.29, 1.82) is 0 Å². The molecule has 0 bridgehead atoms. The summed E-state index contributed by atoms with van der Waals surface area (Å²) in [6.07, 6.45) is -1.37. The van der Waals surface area contributed by atoms with Crippen LogP contribution in [0.15, 0.2) is 0 Å². The van der Waals surface area contributed by atoms with Crippen molar-refractivity contribution in [2.24, 2.45) is 5.92 Å². The molecule has 0 aromatic carbocycles. The van der Waals surface area contributed by atoms with Gasteiger partial charge in [-0.2, -0.15) is 13.2 Å². The van der Waals surface area contributed by atoms with Gasteiger partial charge in [-0.1, -0.05) is 0 Å². The second-order valence-corrected chi connectivity index (χ2v) is 5.51. The van der Waals surface area contributed by atoms with Crippen LogP contribution >= 0.6 is 0 Å². The molecule has 1 heterocycles. The number of alkyl halides is 3. The summed E-state index contributed by atoms with van der Waals surface area (Å²) in [5.41, 5.74) is 0. The Bertz CT molecular complexity index is 225. The summed E-state index contributed by atoms with van der Waals surface area (Å²) in [5.74, 6) is 0.647. The Morgan fingerprint density at radius 1 is 1.39 bits per heavy atom. The van der Waals surface area contributed by atoms with Gasteiger partial charge < -0.3 is 10.2 Å². The summed E-state index contributed by atoms with van der Waals surface area (Å²) in [7, 11) is 2.02. The molecule has 0 spiro atoms. The average Bonchev–Trinajstić information content (AvgIpc) is 2.28. The average molecular weight is 266 g/mol. The number of hydrogen-bond acceptors (Lipinski definition) is 2. The Morgan fingerprint density at radius 3 is 2.67 bits per heavy atom.